The second kappa shape index (κ2) is 8.82. The third-order valence-electron chi connectivity index (χ3n) is 5.83. The first-order valence-corrected chi connectivity index (χ1v) is 10.5. The van der Waals surface area contributed by atoms with Crippen molar-refractivity contribution < 1.29 is 20.1 Å². The predicted octanol–water partition coefficient (Wildman–Crippen LogP) is 0.0851. The molecule has 2 aromatic heterocycles. The van der Waals surface area contributed by atoms with E-state index in [1.807, 2.05) is 18.2 Å². The highest BCUT2D eigenvalue weighted by Crippen LogP contribution is 2.32. The number of hydrogen-bond acceptors (Lipinski definition) is 9. The van der Waals surface area contributed by atoms with E-state index in [4.69, 9.17) is 4.74 Å². The van der Waals surface area contributed by atoms with Crippen molar-refractivity contribution in [3.05, 3.63) is 48.5 Å². The molecular weight excluding hydrogens is 412 g/mol. The number of nitrogens with one attached hydrogen (secondary N) is 1. The first-order chi connectivity index (χ1) is 15.7. The monoisotopic (exact) mass is 436 g/mol. The summed E-state index contributed by atoms with van der Waals surface area (Å²) in [7, 11) is 0. The summed E-state index contributed by atoms with van der Waals surface area (Å²) >= 11 is 0. The maximum Gasteiger partial charge on any atom is 0.167 e. The lowest BCUT2D eigenvalue weighted by Crippen LogP contribution is -2.42. The van der Waals surface area contributed by atoms with Crippen LogP contribution in [0.25, 0.3) is 11.2 Å². The fourth-order valence-corrected chi connectivity index (χ4v) is 4.10. The van der Waals surface area contributed by atoms with E-state index in [2.05, 4.69) is 49.1 Å². The Balaban J connectivity index is 1.40. The molecule has 0 saturated carbocycles. The van der Waals surface area contributed by atoms with Crippen LogP contribution in [0.4, 0.5) is 5.82 Å². The minimum absolute atomic E-state index is 0.0615. The molecule has 0 bridgehead atoms. The van der Waals surface area contributed by atoms with Gasteiger partial charge in [0.1, 0.15) is 24.6 Å². The molecule has 4 heterocycles. The Morgan fingerprint density at radius 1 is 1.09 bits per heavy atom. The summed E-state index contributed by atoms with van der Waals surface area (Å²) in [6.07, 6.45) is -0.723. The summed E-state index contributed by atoms with van der Waals surface area (Å²) in [6, 6.07) is 10.2. The van der Waals surface area contributed by atoms with Crippen LogP contribution in [0.2, 0.25) is 0 Å². The minimum Gasteiger partial charge on any atom is -0.394 e. The Morgan fingerprint density at radius 2 is 1.94 bits per heavy atom. The number of anilines is 1. The third-order valence-corrected chi connectivity index (χ3v) is 5.83. The lowest BCUT2D eigenvalue weighted by atomic mass is 10.1. The topological polar surface area (TPSA) is 129 Å². The molecule has 10 nitrogen and oxygen atoms in total. The number of imidazole rings is 1. The number of aliphatic hydroxyl groups is 3. The number of fused-ring (bicyclic) bond motifs is 1. The number of nitrogens with zero attached hydrogens (tertiary/aromatic N) is 5. The number of rotatable bonds is 6. The van der Waals surface area contributed by atoms with Crippen molar-refractivity contribution in [1.29, 1.82) is 0 Å². The molecule has 0 amide bonds. The number of aliphatic hydroxyl groups excluding tert-OH is 3. The summed E-state index contributed by atoms with van der Waals surface area (Å²) in [4.78, 5) is 15.4. The normalized spacial score (nSPS) is 27.9. The van der Waals surface area contributed by atoms with Crippen molar-refractivity contribution in [3.8, 4) is 11.8 Å². The Kier molecular flexibility index (Phi) is 5.73. The van der Waals surface area contributed by atoms with Gasteiger partial charge in [-0.1, -0.05) is 42.2 Å². The Hall–Kier alpha value is -3.07. The van der Waals surface area contributed by atoms with E-state index >= 15 is 0 Å². The van der Waals surface area contributed by atoms with Crippen LogP contribution in [0.5, 0.6) is 0 Å². The number of aromatic nitrogens is 4. The van der Waals surface area contributed by atoms with Gasteiger partial charge in [0.2, 0.25) is 0 Å². The molecule has 4 N–H and O–H groups in total. The van der Waals surface area contributed by atoms with E-state index in [0.717, 1.165) is 6.54 Å². The molecule has 1 aromatic carbocycles. The molecule has 0 spiro atoms. The van der Waals surface area contributed by atoms with Crippen LogP contribution in [-0.4, -0.2) is 77.4 Å². The fraction of sp³-hybridized carbons (Fsp3) is 0.409. The van der Waals surface area contributed by atoms with Gasteiger partial charge in [-0.25, -0.2) is 15.0 Å². The highest BCUT2D eigenvalue weighted by atomic mass is 16.6. The van der Waals surface area contributed by atoms with E-state index in [1.54, 1.807) is 4.57 Å². The molecule has 0 radical (unpaired) electrons. The second-order valence-electron chi connectivity index (χ2n) is 7.88. The van der Waals surface area contributed by atoms with Gasteiger partial charge in [0.25, 0.3) is 0 Å². The van der Waals surface area contributed by atoms with Gasteiger partial charge in [-0.05, 0) is 5.56 Å². The predicted molar refractivity (Wildman–Crippen MR) is 115 cm³/mol. The largest absolute Gasteiger partial charge is 0.394 e. The Morgan fingerprint density at radius 3 is 2.72 bits per heavy atom. The average molecular weight is 436 g/mol. The maximum atomic E-state index is 10.4. The minimum atomic E-state index is -1.22. The Labute approximate surface area is 184 Å². The van der Waals surface area contributed by atoms with Gasteiger partial charge in [-0.3, -0.25) is 9.47 Å². The molecule has 1 unspecified atom stereocenters. The lowest BCUT2D eigenvalue weighted by Gasteiger charge is -2.32. The standard InChI is InChI=1S/C22H24N6O4/c29-11-15-18(30)19(31)22(32-15)28-13-25-17-20(23-12-24-21(17)28)26-16-8-4-5-9-27(16)10-14-6-2-1-3-7-14/h1-3,6-7,12-13,15-16,18-19,22,29-31H,8-11H2,(H,23,24,26)/t15-,16?,18-,19-,22-/m1/s1. The van der Waals surface area contributed by atoms with Crippen molar-refractivity contribution in [2.45, 2.75) is 43.7 Å². The lowest BCUT2D eigenvalue weighted by molar-refractivity contribution is -0.0511. The molecule has 3 aromatic rings. The first-order valence-electron chi connectivity index (χ1n) is 10.5. The number of ether oxygens (including phenoxy) is 1. The molecule has 166 valence electrons. The number of hydrogen-bond donors (Lipinski definition) is 4. The van der Waals surface area contributed by atoms with Crippen LogP contribution in [0.1, 0.15) is 18.2 Å². The molecule has 10 heteroatoms. The highest BCUT2D eigenvalue weighted by molar-refractivity contribution is 5.82. The maximum absolute atomic E-state index is 10.4. The van der Waals surface area contributed by atoms with Crippen molar-refractivity contribution >= 4 is 17.0 Å². The van der Waals surface area contributed by atoms with Crippen molar-refractivity contribution in [1.82, 2.24) is 24.4 Å². The van der Waals surface area contributed by atoms with E-state index < -0.39 is 31.1 Å². The summed E-state index contributed by atoms with van der Waals surface area (Å²) in [5.41, 5.74) is 2.17. The molecule has 2 aliphatic rings. The second-order valence-corrected chi connectivity index (χ2v) is 7.88. The average Bonchev–Trinajstić information content (AvgIpc) is 3.37. The van der Waals surface area contributed by atoms with Crippen molar-refractivity contribution in [2.75, 3.05) is 18.5 Å². The molecule has 5 rings (SSSR count). The van der Waals surface area contributed by atoms with Crippen molar-refractivity contribution in [2.24, 2.45) is 0 Å². The summed E-state index contributed by atoms with van der Waals surface area (Å²) in [5, 5.41) is 33.3. The fourth-order valence-electron chi connectivity index (χ4n) is 4.10. The molecule has 2 aliphatic heterocycles. The third kappa shape index (κ3) is 3.81. The molecule has 0 aliphatic carbocycles. The quantitative estimate of drug-likeness (QED) is 0.397. The van der Waals surface area contributed by atoms with E-state index in [1.165, 1.54) is 18.2 Å². The molecule has 5 atom stereocenters. The van der Waals surface area contributed by atoms with Gasteiger partial charge in [-0.2, -0.15) is 0 Å². The van der Waals surface area contributed by atoms with Gasteiger partial charge in [-0.15, -0.1) is 0 Å². The molecule has 32 heavy (non-hydrogen) atoms. The summed E-state index contributed by atoms with van der Waals surface area (Å²) in [5.74, 6) is 6.87. The highest BCUT2D eigenvalue weighted by Gasteiger charge is 2.44. The SMILES string of the molecule is OC[C@H]1O[C@@H](n2cnc3c(NC4CC#CCN4Cc4ccccc4)ncnc32)[C@H](O)[C@@H]1O. The zero-order valence-electron chi connectivity index (χ0n) is 17.2. The van der Waals surface area contributed by atoms with Crippen LogP contribution < -0.4 is 5.32 Å². The number of benzene rings is 1. The summed E-state index contributed by atoms with van der Waals surface area (Å²) in [6.45, 7) is 0.985. The van der Waals surface area contributed by atoms with E-state index in [9.17, 15) is 15.3 Å². The van der Waals surface area contributed by atoms with Crippen molar-refractivity contribution in [3.63, 3.8) is 0 Å². The molecule has 1 fully saturated rings. The molecular formula is C22H24N6O4. The molecule has 1 saturated heterocycles. The van der Waals surface area contributed by atoms with Crippen LogP contribution in [0.15, 0.2) is 43.0 Å². The van der Waals surface area contributed by atoms with Gasteiger partial charge in [0.15, 0.2) is 23.2 Å². The zero-order valence-corrected chi connectivity index (χ0v) is 17.2. The smallest absolute Gasteiger partial charge is 0.167 e. The van der Waals surface area contributed by atoms with Gasteiger partial charge in [0.05, 0.1) is 25.6 Å². The van der Waals surface area contributed by atoms with E-state index in [0.29, 0.717) is 29.9 Å². The summed E-state index contributed by atoms with van der Waals surface area (Å²) < 4.78 is 7.18. The van der Waals surface area contributed by atoms with Gasteiger partial charge < -0.3 is 25.4 Å². The van der Waals surface area contributed by atoms with Gasteiger partial charge in [0, 0.05) is 13.0 Å². The van der Waals surface area contributed by atoms with Crippen LogP contribution in [0.3, 0.4) is 0 Å². The van der Waals surface area contributed by atoms with E-state index in [-0.39, 0.29) is 6.17 Å². The van der Waals surface area contributed by atoms with Crippen LogP contribution in [0, 0.1) is 11.8 Å². The van der Waals surface area contributed by atoms with Crippen LogP contribution >= 0.6 is 0 Å². The first kappa shape index (κ1) is 20.8. The Bertz CT molecular complexity index is 1140. The zero-order chi connectivity index (χ0) is 22.1. The van der Waals surface area contributed by atoms with Gasteiger partial charge >= 0.3 is 0 Å². The van der Waals surface area contributed by atoms with Crippen LogP contribution in [-0.2, 0) is 11.3 Å².